The molecule has 3 rings (SSSR count). The van der Waals surface area contributed by atoms with Crippen molar-refractivity contribution in [1.29, 1.82) is 0 Å². The lowest BCUT2D eigenvalue weighted by atomic mass is 10.0. The largest absolute Gasteiger partial charge is 0.360 e. The van der Waals surface area contributed by atoms with E-state index in [4.69, 9.17) is 0 Å². The molecule has 0 saturated carbocycles. The fourth-order valence-electron chi connectivity index (χ4n) is 3.95. The van der Waals surface area contributed by atoms with Crippen molar-refractivity contribution in [1.82, 2.24) is 19.2 Å². The van der Waals surface area contributed by atoms with Crippen LogP contribution in [0.5, 0.6) is 0 Å². The first-order chi connectivity index (χ1) is 14.5. The number of hydrogen-bond donors (Lipinski definition) is 1. The quantitative estimate of drug-likeness (QED) is 0.354. The maximum absolute atomic E-state index is 12.5. The maximum Gasteiger partial charge on any atom is 0.134 e. The van der Waals surface area contributed by atoms with E-state index in [-0.39, 0.29) is 5.25 Å². The van der Waals surface area contributed by atoms with Gasteiger partial charge in [-0.05, 0) is 51.3 Å². The average Bonchev–Trinajstić information content (AvgIpc) is 2.75. The van der Waals surface area contributed by atoms with Gasteiger partial charge in [-0.1, -0.05) is 6.92 Å². The van der Waals surface area contributed by atoms with Gasteiger partial charge in [0.2, 0.25) is 0 Å². The molecule has 0 amide bonds. The third-order valence-electron chi connectivity index (χ3n) is 5.50. The van der Waals surface area contributed by atoms with Gasteiger partial charge < -0.3 is 5.32 Å². The Morgan fingerprint density at radius 2 is 2.30 bits per heavy atom. The molecule has 1 fully saturated rings. The highest BCUT2D eigenvalue weighted by atomic mass is 32.2. The van der Waals surface area contributed by atoms with Crippen molar-refractivity contribution in [2.24, 2.45) is 10.9 Å². The van der Waals surface area contributed by atoms with Crippen LogP contribution in [0.1, 0.15) is 44.9 Å². The van der Waals surface area contributed by atoms with E-state index >= 15 is 0 Å². The first-order valence-corrected chi connectivity index (χ1v) is 12.9. The number of thioether (sulfide) groups is 1. The molecule has 1 N–H and O–H groups in total. The second kappa shape index (κ2) is 11.4. The van der Waals surface area contributed by atoms with E-state index in [2.05, 4.69) is 44.2 Å². The molecule has 1 aromatic heterocycles. The van der Waals surface area contributed by atoms with Crippen molar-refractivity contribution in [3.63, 3.8) is 0 Å². The number of nitrogens with one attached hydrogen (secondary N) is 1. The molecule has 0 aliphatic carbocycles. The van der Waals surface area contributed by atoms with Gasteiger partial charge in [-0.25, -0.2) is 18.5 Å². The van der Waals surface area contributed by atoms with E-state index in [1.54, 1.807) is 18.1 Å². The van der Waals surface area contributed by atoms with Gasteiger partial charge in [0.05, 0.1) is 28.3 Å². The highest BCUT2D eigenvalue weighted by molar-refractivity contribution is 8.02. The Balaban J connectivity index is 1.55. The number of nitrogens with zero attached hydrogens (tertiary/aromatic N) is 5. The summed E-state index contributed by atoms with van der Waals surface area (Å²) in [5.74, 6) is 2.28. The second-order valence-electron chi connectivity index (χ2n) is 8.32. The van der Waals surface area contributed by atoms with Crippen molar-refractivity contribution < 1.29 is 4.21 Å². The summed E-state index contributed by atoms with van der Waals surface area (Å²) in [7, 11) is -0.984. The maximum atomic E-state index is 12.5. The number of aromatic nitrogens is 2. The number of anilines is 1. The van der Waals surface area contributed by atoms with Crippen LogP contribution >= 0.6 is 11.8 Å². The third-order valence-corrected chi connectivity index (χ3v) is 7.87. The zero-order valence-electron chi connectivity index (χ0n) is 18.3. The number of hydrogen-bond acceptors (Lipinski definition) is 7. The lowest BCUT2D eigenvalue weighted by Crippen LogP contribution is -2.36. The highest BCUT2D eigenvalue weighted by Gasteiger charge is 2.25. The Hall–Kier alpha value is -1.29. The number of rotatable bonds is 9. The van der Waals surface area contributed by atoms with Gasteiger partial charge in [0, 0.05) is 43.4 Å². The highest BCUT2D eigenvalue weighted by Crippen LogP contribution is 2.25. The van der Waals surface area contributed by atoms with Gasteiger partial charge in [-0.2, -0.15) is 0 Å². The number of aliphatic imine (C=N–C) groups is 1. The SMILES string of the molecule is C=N/C(=C\SCNc1ncnc2c1CN(S(=O)C(C)C)CC2)CN1CCCC(C)C1. The molecule has 2 atom stereocenters. The van der Waals surface area contributed by atoms with Crippen LogP contribution < -0.4 is 5.32 Å². The number of fused-ring (bicyclic) bond motifs is 1. The fourth-order valence-corrected chi connectivity index (χ4v) is 5.72. The van der Waals surface area contributed by atoms with Crippen LogP contribution in [0.15, 0.2) is 22.4 Å². The van der Waals surface area contributed by atoms with Gasteiger partial charge in [0.1, 0.15) is 12.1 Å². The van der Waals surface area contributed by atoms with Crippen LogP contribution in [0.3, 0.4) is 0 Å². The van der Waals surface area contributed by atoms with Crippen LogP contribution in [0.2, 0.25) is 0 Å². The average molecular weight is 451 g/mol. The molecule has 0 bridgehead atoms. The predicted molar refractivity (Wildman–Crippen MR) is 128 cm³/mol. The summed E-state index contributed by atoms with van der Waals surface area (Å²) in [4.78, 5) is 15.6. The van der Waals surface area contributed by atoms with Crippen LogP contribution in [0.4, 0.5) is 5.82 Å². The van der Waals surface area contributed by atoms with E-state index in [0.717, 1.165) is 61.3 Å². The van der Waals surface area contributed by atoms with Gasteiger partial charge >= 0.3 is 0 Å². The Morgan fingerprint density at radius 1 is 1.47 bits per heavy atom. The zero-order chi connectivity index (χ0) is 21.5. The molecule has 166 valence electrons. The minimum Gasteiger partial charge on any atom is -0.360 e. The van der Waals surface area contributed by atoms with Crippen molar-refractivity contribution in [3.8, 4) is 0 Å². The smallest absolute Gasteiger partial charge is 0.134 e. The molecule has 7 nitrogen and oxygen atoms in total. The topological polar surface area (TPSA) is 73.7 Å². The Bertz CT molecular complexity index is 785. The molecule has 1 aromatic rings. The van der Waals surface area contributed by atoms with E-state index in [1.807, 2.05) is 18.2 Å². The monoisotopic (exact) mass is 450 g/mol. The molecular weight excluding hydrogens is 416 g/mol. The van der Waals surface area contributed by atoms with E-state index in [1.165, 1.54) is 12.8 Å². The lowest BCUT2D eigenvalue weighted by Gasteiger charge is -2.30. The van der Waals surface area contributed by atoms with Crippen LogP contribution in [0.25, 0.3) is 0 Å². The molecule has 3 heterocycles. The molecular formula is C21H34N6OS2. The Kier molecular flexibility index (Phi) is 8.85. The van der Waals surface area contributed by atoms with Crippen LogP contribution in [-0.2, 0) is 24.0 Å². The van der Waals surface area contributed by atoms with Crippen molar-refractivity contribution in [2.45, 2.75) is 51.8 Å². The van der Waals surface area contributed by atoms with Crippen molar-refractivity contribution in [2.75, 3.05) is 37.4 Å². The molecule has 0 radical (unpaired) electrons. The predicted octanol–water partition coefficient (Wildman–Crippen LogP) is 3.28. The molecule has 2 unspecified atom stereocenters. The molecule has 1 saturated heterocycles. The summed E-state index contributed by atoms with van der Waals surface area (Å²) in [6.07, 6.45) is 5.00. The molecule has 9 heteroatoms. The van der Waals surface area contributed by atoms with Gasteiger partial charge in [0.15, 0.2) is 0 Å². The normalized spacial score (nSPS) is 22.0. The summed E-state index contributed by atoms with van der Waals surface area (Å²) in [6, 6.07) is 0. The minimum atomic E-state index is -0.984. The third kappa shape index (κ3) is 6.35. The van der Waals surface area contributed by atoms with Crippen molar-refractivity contribution >= 4 is 35.3 Å². The van der Waals surface area contributed by atoms with E-state index in [0.29, 0.717) is 12.4 Å². The molecule has 0 aromatic carbocycles. The first kappa shape index (κ1) is 23.4. The van der Waals surface area contributed by atoms with Crippen LogP contribution in [0, 0.1) is 5.92 Å². The summed E-state index contributed by atoms with van der Waals surface area (Å²) < 4.78 is 14.5. The van der Waals surface area contributed by atoms with Crippen molar-refractivity contribution in [3.05, 3.63) is 28.7 Å². The van der Waals surface area contributed by atoms with Gasteiger partial charge in [0.25, 0.3) is 0 Å². The first-order valence-electron chi connectivity index (χ1n) is 10.7. The zero-order valence-corrected chi connectivity index (χ0v) is 20.0. The molecule has 2 aliphatic rings. The summed E-state index contributed by atoms with van der Waals surface area (Å²) in [5.41, 5.74) is 3.13. The summed E-state index contributed by atoms with van der Waals surface area (Å²) >= 11 is 1.67. The Labute approximate surface area is 187 Å². The fraction of sp³-hybridized carbons (Fsp3) is 0.667. The molecule has 0 spiro atoms. The van der Waals surface area contributed by atoms with Gasteiger partial charge in [-0.15, -0.1) is 11.8 Å². The Morgan fingerprint density at radius 3 is 3.03 bits per heavy atom. The summed E-state index contributed by atoms with van der Waals surface area (Å²) in [6.45, 7) is 14.6. The molecule has 2 aliphatic heterocycles. The van der Waals surface area contributed by atoms with E-state index < -0.39 is 11.0 Å². The minimum absolute atomic E-state index is 0.112. The number of piperidine rings is 1. The summed E-state index contributed by atoms with van der Waals surface area (Å²) in [5, 5.41) is 5.62. The number of likely N-dealkylation sites (tertiary alicyclic amines) is 1. The lowest BCUT2D eigenvalue weighted by molar-refractivity contribution is 0.197. The second-order valence-corrected chi connectivity index (χ2v) is 11.2. The standard InChI is InChI=1S/C21H34N6OS2/c1-16(2)30(28)27-9-7-20-19(12-27)21(24-14-23-20)25-15-29-13-18(22-4)11-26-8-5-6-17(3)10-26/h13-14,16-17H,4-12,15H2,1-3H3,(H,23,24,25)/b18-13-. The van der Waals surface area contributed by atoms with Crippen LogP contribution in [-0.4, -0.2) is 67.4 Å². The van der Waals surface area contributed by atoms with Gasteiger partial charge in [-0.3, -0.25) is 9.89 Å². The van der Waals surface area contributed by atoms with E-state index in [9.17, 15) is 4.21 Å². The molecule has 30 heavy (non-hydrogen) atoms.